The average Bonchev–Trinajstić information content (AvgIpc) is 3.03. The van der Waals surface area contributed by atoms with Crippen LogP contribution in [-0.2, 0) is 4.79 Å². The summed E-state index contributed by atoms with van der Waals surface area (Å²) in [6.07, 6.45) is 0. The van der Waals surface area contributed by atoms with Gasteiger partial charge in [0.15, 0.2) is 5.13 Å². The van der Waals surface area contributed by atoms with Crippen molar-refractivity contribution in [3.63, 3.8) is 0 Å². The first-order valence-corrected chi connectivity index (χ1v) is 10.2. The maximum atomic E-state index is 13.5. The molecule has 3 rings (SSSR count). The molecule has 0 spiro atoms. The molecular weight excluding hydrogens is 369 g/mol. The lowest BCUT2D eigenvalue weighted by atomic mass is 10.3. The van der Waals surface area contributed by atoms with E-state index in [1.807, 2.05) is 30.3 Å². The summed E-state index contributed by atoms with van der Waals surface area (Å²) in [5, 5.41) is 0.630. The van der Waals surface area contributed by atoms with Crippen molar-refractivity contribution in [2.75, 3.05) is 37.8 Å². The number of amides is 1. The first-order valence-electron chi connectivity index (χ1n) is 8.36. The molecule has 1 amide bonds. The molecular formula is C19H21FN3OS2+. The van der Waals surface area contributed by atoms with Gasteiger partial charge in [0, 0.05) is 4.90 Å². The number of quaternary nitrogens is 1. The minimum absolute atomic E-state index is 0.0135. The van der Waals surface area contributed by atoms with E-state index in [0.717, 1.165) is 21.7 Å². The van der Waals surface area contributed by atoms with E-state index in [-0.39, 0.29) is 11.7 Å². The highest BCUT2D eigenvalue weighted by Gasteiger charge is 2.21. The van der Waals surface area contributed by atoms with Crippen molar-refractivity contribution >= 4 is 44.4 Å². The Hall–Kier alpha value is -1.96. The van der Waals surface area contributed by atoms with Crippen molar-refractivity contribution in [1.82, 2.24) is 4.98 Å². The number of hydrogen-bond acceptors (Lipinski definition) is 4. The molecule has 136 valence electrons. The SMILES string of the molecule is C[NH+](C)CCN(C(=O)CSc1ccccc1)c1nc2ccc(F)cc2s1. The Labute approximate surface area is 160 Å². The number of benzene rings is 2. The van der Waals surface area contributed by atoms with Crippen LogP contribution >= 0.6 is 23.1 Å². The van der Waals surface area contributed by atoms with E-state index in [4.69, 9.17) is 0 Å². The van der Waals surface area contributed by atoms with Crippen LogP contribution in [0.15, 0.2) is 53.4 Å². The Kier molecular flexibility index (Phi) is 6.24. The Balaban J connectivity index is 1.79. The third-order valence-electron chi connectivity index (χ3n) is 3.81. The molecule has 0 aliphatic rings. The number of halogens is 1. The van der Waals surface area contributed by atoms with Crippen LogP contribution in [0.5, 0.6) is 0 Å². The smallest absolute Gasteiger partial charge is 0.239 e. The third kappa shape index (κ3) is 4.81. The van der Waals surface area contributed by atoms with Gasteiger partial charge in [-0.15, -0.1) is 11.8 Å². The summed E-state index contributed by atoms with van der Waals surface area (Å²) in [6.45, 7) is 1.39. The monoisotopic (exact) mass is 390 g/mol. The van der Waals surface area contributed by atoms with Gasteiger partial charge in [-0.1, -0.05) is 29.5 Å². The first kappa shape index (κ1) is 18.8. The van der Waals surface area contributed by atoms with Gasteiger partial charge in [-0.05, 0) is 30.3 Å². The van der Waals surface area contributed by atoms with Crippen molar-refractivity contribution in [1.29, 1.82) is 0 Å². The zero-order chi connectivity index (χ0) is 18.5. The highest BCUT2D eigenvalue weighted by Crippen LogP contribution is 2.30. The Morgan fingerprint density at radius 2 is 2.00 bits per heavy atom. The van der Waals surface area contributed by atoms with Crippen molar-refractivity contribution in [3.05, 3.63) is 54.3 Å². The molecule has 0 unspecified atom stereocenters. The molecule has 4 nitrogen and oxygen atoms in total. The van der Waals surface area contributed by atoms with Crippen LogP contribution < -0.4 is 9.80 Å². The van der Waals surface area contributed by atoms with Gasteiger partial charge in [-0.3, -0.25) is 9.69 Å². The number of fused-ring (bicyclic) bond motifs is 1. The summed E-state index contributed by atoms with van der Waals surface area (Å²) in [5.41, 5.74) is 0.720. The Morgan fingerprint density at radius 3 is 2.73 bits per heavy atom. The second-order valence-corrected chi connectivity index (χ2v) is 8.27. The number of thioether (sulfide) groups is 1. The van der Waals surface area contributed by atoms with Gasteiger partial charge in [0.25, 0.3) is 0 Å². The van der Waals surface area contributed by atoms with Crippen LogP contribution in [0.4, 0.5) is 9.52 Å². The van der Waals surface area contributed by atoms with Crippen molar-refractivity contribution in [3.8, 4) is 0 Å². The molecule has 7 heteroatoms. The molecule has 0 saturated carbocycles. The summed E-state index contributed by atoms with van der Waals surface area (Å²) >= 11 is 2.87. The molecule has 2 aromatic carbocycles. The largest absolute Gasteiger partial charge is 0.338 e. The fourth-order valence-corrected chi connectivity index (χ4v) is 4.23. The minimum atomic E-state index is -0.289. The Morgan fingerprint density at radius 1 is 1.23 bits per heavy atom. The van der Waals surface area contributed by atoms with Crippen molar-refractivity contribution < 1.29 is 14.1 Å². The molecule has 0 aliphatic heterocycles. The molecule has 3 aromatic rings. The topological polar surface area (TPSA) is 37.6 Å². The maximum Gasteiger partial charge on any atom is 0.239 e. The minimum Gasteiger partial charge on any atom is -0.338 e. The van der Waals surface area contributed by atoms with Crippen LogP contribution in [0.2, 0.25) is 0 Å². The summed E-state index contributed by atoms with van der Waals surface area (Å²) in [6, 6.07) is 14.4. The highest BCUT2D eigenvalue weighted by molar-refractivity contribution is 8.00. The van der Waals surface area contributed by atoms with Gasteiger partial charge in [-0.2, -0.15) is 0 Å². The number of carbonyl (C=O) groups is 1. The van der Waals surface area contributed by atoms with Gasteiger partial charge < -0.3 is 4.90 Å². The van der Waals surface area contributed by atoms with Crippen LogP contribution in [0.25, 0.3) is 10.2 Å². The van der Waals surface area contributed by atoms with Gasteiger partial charge in [0.2, 0.25) is 5.91 Å². The fraction of sp³-hybridized carbons (Fsp3) is 0.263. The molecule has 0 radical (unpaired) electrons. The Bertz CT molecular complexity index is 883. The first-order chi connectivity index (χ1) is 12.5. The zero-order valence-electron chi connectivity index (χ0n) is 14.7. The predicted molar refractivity (Wildman–Crippen MR) is 107 cm³/mol. The molecule has 0 bridgehead atoms. The number of anilines is 1. The summed E-state index contributed by atoms with van der Waals surface area (Å²) < 4.78 is 14.2. The molecule has 1 aromatic heterocycles. The van der Waals surface area contributed by atoms with Gasteiger partial charge >= 0.3 is 0 Å². The van der Waals surface area contributed by atoms with E-state index < -0.39 is 0 Å². The van der Waals surface area contributed by atoms with E-state index in [1.165, 1.54) is 40.1 Å². The van der Waals surface area contributed by atoms with Crippen LogP contribution in [-0.4, -0.2) is 43.8 Å². The van der Waals surface area contributed by atoms with Crippen molar-refractivity contribution in [2.45, 2.75) is 4.90 Å². The lowest BCUT2D eigenvalue weighted by Gasteiger charge is -2.20. The van der Waals surface area contributed by atoms with Gasteiger partial charge in [0.05, 0.1) is 43.2 Å². The fourth-order valence-electron chi connectivity index (χ4n) is 2.40. The zero-order valence-corrected chi connectivity index (χ0v) is 16.4. The number of likely N-dealkylation sites (N-methyl/N-ethyl adjacent to an activating group) is 1. The average molecular weight is 391 g/mol. The second kappa shape index (κ2) is 8.62. The number of nitrogens with zero attached hydrogens (tertiary/aromatic N) is 2. The standard InChI is InChI=1S/C19H20FN3OS2/c1-22(2)10-11-23(18(24)13-25-15-6-4-3-5-7-15)19-21-16-9-8-14(20)12-17(16)26-19/h3-9,12H,10-11,13H2,1-2H3/p+1. The summed E-state index contributed by atoms with van der Waals surface area (Å²) in [5.74, 6) is 0.0689. The normalized spacial score (nSPS) is 11.2. The van der Waals surface area contributed by atoms with E-state index in [2.05, 4.69) is 19.1 Å². The molecule has 0 aliphatic carbocycles. The van der Waals surface area contributed by atoms with E-state index >= 15 is 0 Å². The van der Waals surface area contributed by atoms with Crippen LogP contribution in [0.3, 0.4) is 0 Å². The molecule has 0 saturated heterocycles. The van der Waals surface area contributed by atoms with Crippen LogP contribution in [0, 0.1) is 5.82 Å². The highest BCUT2D eigenvalue weighted by atomic mass is 32.2. The van der Waals surface area contributed by atoms with Crippen molar-refractivity contribution in [2.24, 2.45) is 0 Å². The molecule has 0 fully saturated rings. The number of hydrogen-bond donors (Lipinski definition) is 1. The molecule has 26 heavy (non-hydrogen) atoms. The maximum absolute atomic E-state index is 13.5. The number of carbonyl (C=O) groups excluding carboxylic acids is 1. The van der Waals surface area contributed by atoms with Crippen LogP contribution in [0.1, 0.15) is 0 Å². The molecule has 0 atom stereocenters. The molecule has 1 heterocycles. The van der Waals surface area contributed by atoms with E-state index in [0.29, 0.717) is 17.4 Å². The predicted octanol–water partition coefficient (Wildman–Crippen LogP) is 2.71. The quantitative estimate of drug-likeness (QED) is 0.631. The number of rotatable bonds is 7. The number of thiazole rings is 1. The second-order valence-electron chi connectivity index (χ2n) is 6.21. The number of aromatic nitrogens is 1. The number of nitrogens with one attached hydrogen (secondary N) is 1. The van der Waals surface area contributed by atoms with E-state index in [1.54, 1.807) is 11.0 Å². The molecule has 1 N–H and O–H groups in total. The third-order valence-corrected chi connectivity index (χ3v) is 5.85. The van der Waals surface area contributed by atoms with E-state index in [9.17, 15) is 9.18 Å². The van der Waals surface area contributed by atoms with Gasteiger partial charge in [0.1, 0.15) is 5.82 Å². The lowest BCUT2D eigenvalue weighted by Crippen LogP contribution is -3.06. The summed E-state index contributed by atoms with van der Waals surface area (Å²) in [7, 11) is 4.10. The summed E-state index contributed by atoms with van der Waals surface area (Å²) in [4.78, 5) is 21.5. The van der Waals surface area contributed by atoms with Gasteiger partial charge in [-0.25, -0.2) is 9.37 Å². The lowest BCUT2D eigenvalue weighted by molar-refractivity contribution is -0.856.